The van der Waals surface area contributed by atoms with Crippen molar-refractivity contribution in [1.82, 2.24) is 10.2 Å². The van der Waals surface area contributed by atoms with Crippen molar-refractivity contribution in [1.29, 1.82) is 0 Å². The Balaban J connectivity index is 1.95. The fourth-order valence-electron chi connectivity index (χ4n) is 1.82. The molecule has 0 saturated carbocycles. The minimum absolute atomic E-state index is 0.201. The van der Waals surface area contributed by atoms with E-state index in [1.807, 2.05) is 47.9 Å². The van der Waals surface area contributed by atoms with Crippen molar-refractivity contribution in [3.63, 3.8) is 0 Å². The normalized spacial score (nSPS) is 11.4. The number of anilines is 1. The Morgan fingerprint density at radius 1 is 1.18 bits per heavy atom. The number of benzene rings is 1. The van der Waals surface area contributed by atoms with Crippen LogP contribution >= 0.6 is 38.6 Å². The zero-order chi connectivity index (χ0) is 15.4. The van der Waals surface area contributed by atoms with E-state index in [0.29, 0.717) is 10.7 Å². The minimum Gasteiger partial charge on any atom is -0.296 e. The molecule has 0 unspecified atom stereocenters. The van der Waals surface area contributed by atoms with Crippen LogP contribution in [-0.2, 0) is 4.79 Å². The molecule has 0 aliphatic heterocycles. The van der Waals surface area contributed by atoms with E-state index in [4.69, 9.17) is 0 Å². The van der Waals surface area contributed by atoms with Crippen LogP contribution in [0.1, 0.15) is 10.4 Å². The Bertz CT molecular complexity index is 781. The van der Waals surface area contributed by atoms with Gasteiger partial charge in [-0.1, -0.05) is 45.5 Å². The van der Waals surface area contributed by atoms with Crippen LogP contribution in [0.25, 0.3) is 11.6 Å². The molecule has 0 radical (unpaired) electrons. The maximum atomic E-state index is 12.6. The highest BCUT2D eigenvalue weighted by Gasteiger charge is 2.14. The third-order valence-corrected chi connectivity index (χ3v) is 4.76. The van der Waals surface area contributed by atoms with Gasteiger partial charge in [-0.15, -0.1) is 21.5 Å². The van der Waals surface area contributed by atoms with E-state index in [9.17, 15) is 4.79 Å². The fourth-order valence-corrected chi connectivity index (χ4v) is 3.18. The Kier molecular flexibility index (Phi) is 4.77. The first-order chi connectivity index (χ1) is 10.7. The number of hydrogen-bond donors (Lipinski definition) is 1. The molecule has 110 valence electrons. The summed E-state index contributed by atoms with van der Waals surface area (Å²) in [5.74, 6) is -0.201. The van der Waals surface area contributed by atoms with E-state index >= 15 is 0 Å². The summed E-state index contributed by atoms with van der Waals surface area (Å²) in [6.45, 7) is 0. The highest BCUT2D eigenvalue weighted by Crippen LogP contribution is 2.24. The van der Waals surface area contributed by atoms with E-state index in [1.165, 1.54) is 11.3 Å². The van der Waals surface area contributed by atoms with E-state index in [2.05, 4.69) is 31.4 Å². The smallest absolute Gasteiger partial charge is 0.258 e. The predicted octanol–water partition coefficient (Wildman–Crippen LogP) is 4.54. The van der Waals surface area contributed by atoms with Gasteiger partial charge in [0, 0.05) is 14.9 Å². The number of nitrogens with one attached hydrogen (secondary N) is 1. The summed E-state index contributed by atoms with van der Waals surface area (Å²) in [6, 6.07) is 11.6. The number of carbonyl (C=O) groups is 1. The van der Waals surface area contributed by atoms with Crippen LogP contribution in [0.3, 0.4) is 0 Å². The molecule has 3 aromatic rings. The van der Waals surface area contributed by atoms with Crippen molar-refractivity contribution < 1.29 is 4.79 Å². The molecule has 0 saturated heterocycles. The highest BCUT2D eigenvalue weighted by molar-refractivity contribution is 9.10. The Morgan fingerprint density at radius 3 is 2.64 bits per heavy atom. The van der Waals surface area contributed by atoms with Crippen LogP contribution in [0.4, 0.5) is 5.13 Å². The van der Waals surface area contributed by atoms with Crippen LogP contribution in [0.5, 0.6) is 0 Å². The number of thiophene rings is 1. The lowest BCUT2D eigenvalue weighted by atomic mass is 10.0. The van der Waals surface area contributed by atoms with Crippen LogP contribution in [-0.4, -0.2) is 16.1 Å². The summed E-state index contributed by atoms with van der Waals surface area (Å²) in [7, 11) is 0. The Morgan fingerprint density at radius 2 is 2.00 bits per heavy atom. The predicted molar refractivity (Wildman–Crippen MR) is 94.9 cm³/mol. The van der Waals surface area contributed by atoms with Gasteiger partial charge in [0.05, 0.1) is 0 Å². The topological polar surface area (TPSA) is 54.9 Å². The molecule has 2 aromatic heterocycles. The molecule has 4 nitrogen and oxygen atoms in total. The lowest BCUT2D eigenvalue weighted by Crippen LogP contribution is -2.13. The van der Waals surface area contributed by atoms with Gasteiger partial charge >= 0.3 is 0 Å². The molecule has 2 heterocycles. The van der Waals surface area contributed by atoms with Crippen molar-refractivity contribution in [3.05, 3.63) is 62.2 Å². The van der Waals surface area contributed by atoms with Crippen molar-refractivity contribution >= 4 is 61.3 Å². The summed E-state index contributed by atoms with van der Waals surface area (Å²) in [5.41, 5.74) is 3.02. The number of hydrogen-bond acceptors (Lipinski definition) is 5. The summed E-state index contributed by atoms with van der Waals surface area (Å²) in [6.07, 6.45) is 1.88. The van der Waals surface area contributed by atoms with Gasteiger partial charge in [-0.25, -0.2) is 0 Å². The molecule has 1 N–H and O–H groups in total. The molecule has 22 heavy (non-hydrogen) atoms. The van der Waals surface area contributed by atoms with Gasteiger partial charge in [0.15, 0.2) is 0 Å². The molecule has 3 rings (SSSR count). The van der Waals surface area contributed by atoms with Gasteiger partial charge in [-0.2, -0.15) is 0 Å². The van der Waals surface area contributed by atoms with E-state index in [-0.39, 0.29) is 5.91 Å². The van der Waals surface area contributed by atoms with Crippen LogP contribution in [0, 0.1) is 0 Å². The number of aromatic nitrogens is 2. The van der Waals surface area contributed by atoms with Crippen LogP contribution in [0.15, 0.2) is 51.8 Å². The summed E-state index contributed by atoms with van der Waals surface area (Å²) < 4.78 is 0.969. The maximum Gasteiger partial charge on any atom is 0.258 e. The first-order valence-electron chi connectivity index (χ1n) is 6.31. The third-order valence-electron chi connectivity index (χ3n) is 2.81. The van der Waals surface area contributed by atoms with Gasteiger partial charge in [-0.3, -0.25) is 10.1 Å². The van der Waals surface area contributed by atoms with E-state index in [0.717, 1.165) is 14.9 Å². The molecule has 1 aromatic carbocycles. The number of rotatable bonds is 4. The van der Waals surface area contributed by atoms with Crippen molar-refractivity contribution in [2.45, 2.75) is 0 Å². The van der Waals surface area contributed by atoms with Crippen LogP contribution in [0.2, 0.25) is 0 Å². The summed E-state index contributed by atoms with van der Waals surface area (Å²) in [4.78, 5) is 13.6. The van der Waals surface area contributed by atoms with Gasteiger partial charge in [0.25, 0.3) is 5.91 Å². The molecular weight excluding hydrogens is 382 g/mol. The molecule has 0 spiro atoms. The van der Waals surface area contributed by atoms with Crippen molar-refractivity contribution in [2.24, 2.45) is 0 Å². The fraction of sp³-hybridized carbons (Fsp3) is 0. The van der Waals surface area contributed by atoms with E-state index < -0.39 is 0 Å². The summed E-state index contributed by atoms with van der Waals surface area (Å²) in [5, 5.41) is 12.8. The average molecular weight is 392 g/mol. The lowest BCUT2D eigenvalue weighted by Gasteiger charge is -2.07. The largest absolute Gasteiger partial charge is 0.296 e. The molecular formula is C15H10BrN3OS2. The Hall–Kier alpha value is -1.83. The SMILES string of the molecule is O=C(Nc1nncs1)/C(=C/c1cccs1)c1ccc(Br)cc1. The second-order valence-electron chi connectivity index (χ2n) is 4.28. The zero-order valence-corrected chi connectivity index (χ0v) is 14.4. The molecule has 0 atom stereocenters. The highest BCUT2D eigenvalue weighted by atomic mass is 79.9. The molecule has 7 heteroatoms. The van der Waals surface area contributed by atoms with Gasteiger partial charge in [-0.05, 0) is 35.2 Å². The first-order valence-corrected chi connectivity index (χ1v) is 8.86. The number of nitrogens with zero attached hydrogens (tertiary/aromatic N) is 2. The van der Waals surface area contributed by atoms with Crippen molar-refractivity contribution in [3.8, 4) is 0 Å². The van der Waals surface area contributed by atoms with Crippen molar-refractivity contribution in [2.75, 3.05) is 5.32 Å². The number of halogens is 1. The first kappa shape index (κ1) is 15.1. The molecule has 0 fully saturated rings. The quantitative estimate of drug-likeness (QED) is 0.664. The number of carbonyl (C=O) groups excluding carboxylic acids is 1. The van der Waals surface area contributed by atoms with E-state index in [1.54, 1.807) is 16.8 Å². The summed E-state index contributed by atoms with van der Waals surface area (Å²) >= 11 is 6.28. The average Bonchev–Trinajstić information content (AvgIpc) is 3.19. The monoisotopic (exact) mass is 391 g/mol. The molecule has 0 aliphatic carbocycles. The molecule has 1 amide bonds. The standard InChI is InChI=1S/C15H10BrN3OS2/c16-11-5-3-10(4-6-11)13(8-12-2-1-7-21-12)14(20)18-15-19-17-9-22-15/h1-9H,(H,18,19,20)/b13-8+. The van der Waals surface area contributed by atoms with Gasteiger partial charge < -0.3 is 0 Å². The maximum absolute atomic E-state index is 12.6. The zero-order valence-electron chi connectivity index (χ0n) is 11.2. The second kappa shape index (κ2) is 6.95. The minimum atomic E-state index is -0.201. The van der Waals surface area contributed by atoms with Crippen LogP contribution < -0.4 is 5.32 Å². The number of amides is 1. The van der Waals surface area contributed by atoms with Gasteiger partial charge in [0.2, 0.25) is 5.13 Å². The molecule has 0 aliphatic rings. The third kappa shape index (κ3) is 3.68. The Labute approximate surface area is 143 Å². The molecule has 0 bridgehead atoms. The lowest BCUT2D eigenvalue weighted by molar-refractivity contribution is -0.111. The van der Waals surface area contributed by atoms with Gasteiger partial charge in [0.1, 0.15) is 5.51 Å². The second-order valence-corrected chi connectivity index (χ2v) is 7.01.